The van der Waals surface area contributed by atoms with E-state index in [0.29, 0.717) is 6.54 Å². The first-order chi connectivity index (χ1) is 12.2. The van der Waals surface area contributed by atoms with Crippen molar-refractivity contribution in [3.05, 3.63) is 23.3 Å². The molecule has 1 aromatic carbocycles. The first-order valence-corrected chi connectivity index (χ1v) is 10.4. The highest BCUT2D eigenvalue weighted by molar-refractivity contribution is 7.98. The van der Waals surface area contributed by atoms with E-state index in [9.17, 15) is 0 Å². The van der Waals surface area contributed by atoms with E-state index in [0.717, 1.165) is 49.0 Å². The van der Waals surface area contributed by atoms with Crippen molar-refractivity contribution in [2.75, 3.05) is 32.2 Å². The molecule has 1 atom stereocenters. The van der Waals surface area contributed by atoms with Gasteiger partial charge >= 0.3 is 0 Å². The molecule has 0 radical (unpaired) electrons. The molecule has 6 heteroatoms. The topological polar surface area (TPSA) is 54.9 Å². The average Bonchev–Trinajstić information content (AvgIpc) is 2.97. The fourth-order valence-corrected chi connectivity index (χ4v) is 3.37. The van der Waals surface area contributed by atoms with Crippen LogP contribution in [0.2, 0.25) is 0 Å². The molecule has 0 aromatic heterocycles. The maximum atomic E-state index is 5.87. The quantitative estimate of drug-likeness (QED) is 0.400. The minimum atomic E-state index is 0.235. The maximum Gasteiger partial charge on any atom is 0.191 e. The minimum Gasteiger partial charge on any atom is -0.496 e. The van der Waals surface area contributed by atoms with Crippen LogP contribution in [0.3, 0.4) is 0 Å². The smallest absolute Gasteiger partial charge is 0.191 e. The molecule has 0 saturated heterocycles. The van der Waals surface area contributed by atoms with Gasteiger partial charge in [0.15, 0.2) is 5.96 Å². The number of hydrogen-bond acceptors (Lipinski definition) is 4. The van der Waals surface area contributed by atoms with Gasteiger partial charge in [-0.15, -0.1) is 0 Å². The number of nitrogens with zero attached hydrogens (tertiary/aromatic N) is 1. The standard InChI is InChI=1S/C19H31N3O2S/c1-5-20-19(21-8-6-7-9-25-4)22-13-16-12-18-15(10-14(2)24-18)11-17(16)23-3/h11-12,14H,5-10,13H2,1-4H3,(H2,20,21,22). The number of fused-ring (bicyclic) bond motifs is 1. The van der Waals surface area contributed by atoms with Crippen molar-refractivity contribution < 1.29 is 9.47 Å². The van der Waals surface area contributed by atoms with Crippen molar-refractivity contribution in [1.82, 2.24) is 10.6 Å². The van der Waals surface area contributed by atoms with Gasteiger partial charge < -0.3 is 20.1 Å². The van der Waals surface area contributed by atoms with Crippen LogP contribution in [0.25, 0.3) is 0 Å². The normalized spacial score (nSPS) is 16.3. The van der Waals surface area contributed by atoms with Gasteiger partial charge in [-0.25, -0.2) is 4.99 Å². The van der Waals surface area contributed by atoms with Crippen LogP contribution in [0.15, 0.2) is 17.1 Å². The monoisotopic (exact) mass is 365 g/mol. The van der Waals surface area contributed by atoms with Crippen LogP contribution in [0.4, 0.5) is 0 Å². The molecule has 1 aromatic rings. The van der Waals surface area contributed by atoms with Gasteiger partial charge in [0, 0.05) is 30.6 Å². The van der Waals surface area contributed by atoms with Crippen LogP contribution in [0.1, 0.15) is 37.8 Å². The molecule has 1 heterocycles. The molecule has 2 N–H and O–H groups in total. The summed E-state index contributed by atoms with van der Waals surface area (Å²) in [4.78, 5) is 4.71. The van der Waals surface area contributed by atoms with Gasteiger partial charge in [-0.05, 0) is 50.8 Å². The summed E-state index contributed by atoms with van der Waals surface area (Å²) in [6, 6.07) is 4.16. The Balaban J connectivity index is 2.00. The van der Waals surface area contributed by atoms with Crippen LogP contribution in [0.5, 0.6) is 11.5 Å². The Morgan fingerprint density at radius 3 is 2.92 bits per heavy atom. The summed E-state index contributed by atoms with van der Waals surface area (Å²) >= 11 is 1.89. The second kappa shape index (κ2) is 10.4. The third kappa shape index (κ3) is 6.03. The highest BCUT2D eigenvalue weighted by atomic mass is 32.2. The molecule has 0 amide bonds. The van der Waals surface area contributed by atoms with Gasteiger partial charge in [-0.3, -0.25) is 0 Å². The van der Waals surface area contributed by atoms with E-state index in [-0.39, 0.29) is 6.10 Å². The van der Waals surface area contributed by atoms with Crippen molar-refractivity contribution >= 4 is 17.7 Å². The van der Waals surface area contributed by atoms with Crippen LogP contribution >= 0.6 is 11.8 Å². The molecule has 0 aliphatic carbocycles. The lowest BCUT2D eigenvalue weighted by Gasteiger charge is -2.13. The predicted octanol–water partition coefficient (Wildman–Crippen LogP) is 3.22. The van der Waals surface area contributed by atoms with Gasteiger partial charge in [0.2, 0.25) is 0 Å². The lowest BCUT2D eigenvalue weighted by atomic mass is 10.1. The number of methoxy groups -OCH3 is 1. The van der Waals surface area contributed by atoms with E-state index in [1.807, 2.05) is 11.8 Å². The SMILES string of the molecule is CCNC(=NCc1cc2c(cc1OC)CC(C)O2)NCCCCSC. The summed E-state index contributed by atoms with van der Waals surface area (Å²) in [5, 5.41) is 6.71. The van der Waals surface area contributed by atoms with Gasteiger partial charge in [0.05, 0.1) is 13.7 Å². The van der Waals surface area contributed by atoms with E-state index < -0.39 is 0 Å². The Hall–Kier alpha value is -1.56. The summed E-state index contributed by atoms with van der Waals surface area (Å²) in [7, 11) is 1.71. The molecule has 25 heavy (non-hydrogen) atoms. The molecule has 0 spiro atoms. The van der Waals surface area contributed by atoms with Crippen molar-refractivity contribution in [3.8, 4) is 11.5 Å². The molecule has 0 bridgehead atoms. The summed E-state index contributed by atoms with van der Waals surface area (Å²) in [6.07, 6.45) is 5.70. The second-order valence-electron chi connectivity index (χ2n) is 6.23. The zero-order chi connectivity index (χ0) is 18.1. The number of hydrogen-bond donors (Lipinski definition) is 2. The zero-order valence-electron chi connectivity index (χ0n) is 15.9. The molecular formula is C19H31N3O2S. The largest absolute Gasteiger partial charge is 0.496 e. The van der Waals surface area contributed by atoms with Crippen LogP contribution in [-0.2, 0) is 13.0 Å². The van der Waals surface area contributed by atoms with Crippen molar-refractivity contribution in [1.29, 1.82) is 0 Å². The molecule has 0 fully saturated rings. The fraction of sp³-hybridized carbons (Fsp3) is 0.632. The first kappa shape index (κ1) is 19.8. The zero-order valence-corrected chi connectivity index (χ0v) is 16.7. The number of guanidine groups is 1. The Morgan fingerprint density at radius 2 is 2.20 bits per heavy atom. The van der Waals surface area contributed by atoms with Gasteiger partial charge in [-0.2, -0.15) is 11.8 Å². The summed E-state index contributed by atoms with van der Waals surface area (Å²) in [5.41, 5.74) is 2.27. The molecule has 1 aliphatic rings. The lowest BCUT2D eigenvalue weighted by molar-refractivity contribution is 0.254. The summed E-state index contributed by atoms with van der Waals surface area (Å²) in [6.45, 7) is 6.52. The van der Waals surface area contributed by atoms with E-state index in [2.05, 4.69) is 42.9 Å². The predicted molar refractivity (Wildman–Crippen MR) is 107 cm³/mol. The highest BCUT2D eigenvalue weighted by Crippen LogP contribution is 2.35. The van der Waals surface area contributed by atoms with Crippen molar-refractivity contribution in [2.45, 2.75) is 45.8 Å². The maximum absolute atomic E-state index is 5.87. The average molecular weight is 366 g/mol. The minimum absolute atomic E-state index is 0.235. The molecule has 1 aliphatic heterocycles. The summed E-state index contributed by atoms with van der Waals surface area (Å²) < 4.78 is 11.4. The van der Waals surface area contributed by atoms with Gasteiger partial charge in [-0.1, -0.05) is 0 Å². The summed E-state index contributed by atoms with van der Waals surface area (Å²) in [5.74, 6) is 3.91. The van der Waals surface area contributed by atoms with E-state index in [4.69, 9.17) is 14.5 Å². The number of nitrogens with one attached hydrogen (secondary N) is 2. The fourth-order valence-electron chi connectivity index (χ4n) is 2.88. The Morgan fingerprint density at radius 1 is 1.36 bits per heavy atom. The molecule has 0 saturated carbocycles. The van der Waals surface area contributed by atoms with Gasteiger partial charge in [0.25, 0.3) is 0 Å². The first-order valence-electron chi connectivity index (χ1n) is 9.05. The van der Waals surface area contributed by atoms with Crippen LogP contribution in [0, 0.1) is 0 Å². The number of rotatable bonds is 9. The number of unbranched alkanes of at least 4 members (excludes halogenated alkanes) is 1. The molecule has 1 unspecified atom stereocenters. The van der Waals surface area contributed by atoms with Gasteiger partial charge in [0.1, 0.15) is 17.6 Å². The number of ether oxygens (including phenoxy) is 2. The number of aliphatic imine (C=N–C) groups is 1. The number of benzene rings is 1. The number of thioether (sulfide) groups is 1. The molecule has 140 valence electrons. The Bertz CT molecular complexity index is 578. The Kier molecular flexibility index (Phi) is 8.25. The van der Waals surface area contributed by atoms with Crippen molar-refractivity contribution in [2.24, 2.45) is 4.99 Å². The molecule has 5 nitrogen and oxygen atoms in total. The van der Waals surface area contributed by atoms with Crippen molar-refractivity contribution in [3.63, 3.8) is 0 Å². The van der Waals surface area contributed by atoms with E-state index >= 15 is 0 Å². The van der Waals surface area contributed by atoms with Crippen LogP contribution in [-0.4, -0.2) is 44.3 Å². The second-order valence-corrected chi connectivity index (χ2v) is 7.21. The van der Waals surface area contributed by atoms with E-state index in [1.54, 1.807) is 7.11 Å². The third-order valence-corrected chi connectivity index (χ3v) is 4.82. The highest BCUT2D eigenvalue weighted by Gasteiger charge is 2.21. The van der Waals surface area contributed by atoms with Crippen LogP contribution < -0.4 is 20.1 Å². The Labute approximate surface area is 156 Å². The molecular weight excluding hydrogens is 334 g/mol. The lowest BCUT2D eigenvalue weighted by Crippen LogP contribution is -2.37. The van der Waals surface area contributed by atoms with E-state index in [1.165, 1.54) is 17.7 Å². The molecule has 2 rings (SSSR count). The third-order valence-electron chi connectivity index (χ3n) is 4.12.